The van der Waals surface area contributed by atoms with Crippen LogP contribution in [0.15, 0.2) is 42.5 Å². The predicted octanol–water partition coefficient (Wildman–Crippen LogP) is 2.58. The number of ether oxygens (including phenoxy) is 4. The molecule has 0 spiro atoms. The van der Waals surface area contributed by atoms with Gasteiger partial charge in [0, 0.05) is 12.6 Å². The number of amides is 1. The van der Waals surface area contributed by atoms with E-state index in [-0.39, 0.29) is 24.4 Å². The molecule has 0 N–H and O–H groups in total. The number of Topliss-reactive ketones (excluding diaryl/α,β-unsaturated/α-hetero) is 1. The Morgan fingerprint density at radius 2 is 1.89 bits per heavy atom. The molecule has 0 aliphatic carbocycles. The van der Waals surface area contributed by atoms with Crippen LogP contribution in [0.4, 0.5) is 0 Å². The van der Waals surface area contributed by atoms with Crippen molar-refractivity contribution < 1.29 is 28.5 Å². The Labute approximate surface area is 163 Å². The van der Waals surface area contributed by atoms with Gasteiger partial charge >= 0.3 is 0 Å². The first-order chi connectivity index (χ1) is 13.5. The second-order valence-corrected chi connectivity index (χ2v) is 6.48. The second-order valence-electron chi connectivity index (χ2n) is 6.48. The minimum Gasteiger partial charge on any atom is -0.493 e. The van der Waals surface area contributed by atoms with Gasteiger partial charge in [-0.1, -0.05) is 12.1 Å². The largest absolute Gasteiger partial charge is 0.493 e. The molecule has 2 aromatic carbocycles. The van der Waals surface area contributed by atoms with Gasteiger partial charge in [0.2, 0.25) is 0 Å². The fraction of sp³-hybridized carbons (Fsp3) is 0.333. The van der Waals surface area contributed by atoms with Crippen LogP contribution in [-0.4, -0.2) is 56.6 Å². The van der Waals surface area contributed by atoms with Crippen LogP contribution in [0.5, 0.6) is 23.0 Å². The van der Waals surface area contributed by atoms with Crippen molar-refractivity contribution in [2.24, 2.45) is 0 Å². The second kappa shape index (κ2) is 8.65. The number of nitrogens with zero attached hydrogens (tertiary/aromatic N) is 1. The van der Waals surface area contributed by atoms with E-state index in [1.165, 1.54) is 14.0 Å². The number of methoxy groups -OCH3 is 1. The fourth-order valence-electron chi connectivity index (χ4n) is 2.82. The first-order valence-corrected chi connectivity index (χ1v) is 8.92. The summed E-state index contributed by atoms with van der Waals surface area (Å²) in [6.45, 7) is 2.06. The summed E-state index contributed by atoms with van der Waals surface area (Å²) in [4.78, 5) is 25.4. The third kappa shape index (κ3) is 4.54. The molecule has 28 heavy (non-hydrogen) atoms. The summed E-state index contributed by atoms with van der Waals surface area (Å²) in [5, 5.41) is 0. The van der Waals surface area contributed by atoms with Crippen molar-refractivity contribution in [3.8, 4) is 23.0 Å². The number of ketones is 1. The molecule has 0 saturated carbocycles. The Bertz CT molecular complexity index is 866. The van der Waals surface area contributed by atoms with E-state index in [1.807, 2.05) is 24.3 Å². The maximum atomic E-state index is 12.4. The summed E-state index contributed by atoms with van der Waals surface area (Å²) in [6.07, 6.45) is -0.256. The van der Waals surface area contributed by atoms with Crippen molar-refractivity contribution in [3.63, 3.8) is 0 Å². The molecule has 148 valence electrons. The summed E-state index contributed by atoms with van der Waals surface area (Å²) in [5.41, 5.74) is 0.516. The molecule has 7 nitrogen and oxygen atoms in total. The molecule has 1 aliphatic heterocycles. The molecule has 0 aromatic heterocycles. The molecule has 1 heterocycles. The molecule has 0 fully saturated rings. The highest BCUT2D eigenvalue weighted by atomic mass is 16.6. The third-order valence-electron chi connectivity index (χ3n) is 4.39. The molecule has 2 aromatic rings. The quantitative estimate of drug-likeness (QED) is 0.682. The van der Waals surface area contributed by atoms with Crippen molar-refractivity contribution in [2.45, 2.75) is 13.0 Å². The predicted molar refractivity (Wildman–Crippen MR) is 102 cm³/mol. The first-order valence-electron chi connectivity index (χ1n) is 8.92. The van der Waals surface area contributed by atoms with Gasteiger partial charge in [-0.05, 0) is 37.3 Å². The van der Waals surface area contributed by atoms with E-state index in [0.29, 0.717) is 41.7 Å². The molecule has 1 unspecified atom stereocenters. The highest BCUT2D eigenvalue weighted by Crippen LogP contribution is 2.31. The van der Waals surface area contributed by atoms with E-state index in [2.05, 4.69) is 0 Å². The van der Waals surface area contributed by atoms with Crippen LogP contribution < -0.4 is 18.9 Å². The zero-order chi connectivity index (χ0) is 20.1. The van der Waals surface area contributed by atoms with E-state index in [9.17, 15) is 9.59 Å². The minimum absolute atomic E-state index is 0.0723. The summed E-state index contributed by atoms with van der Waals surface area (Å²) in [6, 6.07) is 12.3. The Morgan fingerprint density at radius 1 is 1.14 bits per heavy atom. The number of para-hydroxylation sites is 2. The summed E-state index contributed by atoms with van der Waals surface area (Å²) < 4.78 is 22.4. The van der Waals surface area contributed by atoms with Gasteiger partial charge < -0.3 is 23.8 Å². The molecule has 1 aliphatic rings. The van der Waals surface area contributed by atoms with Crippen LogP contribution in [0, 0.1) is 0 Å². The molecular weight excluding hydrogens is 362 g/mol. The van der Waals surface area contributed by atoms with E-state index in [0.717, 1.165) is 0 Å². The Hall–Kier alpha value is -3.22. The maximum absolute atomic E-state index is 12.4. The normalized spacial score (nSPS) is 14.9. The monoisotopic (exact) mass is 385 g/mol. The topological polar surface area (TPSA) is 74.3 Å². The molecule has 7 heteroatoms. The number of carbonyl (C=O) groups is 2. The van der Waals surface area contributed by atoms with Crippen LogP contribution in [0.3, 0.4) is 0 Å². The summed E-state index contributed by atoms with van der Waals surface area (Å²) in [5.74, 6) is 1.91. The van der Waals surface area contributed by atoms with Gasteiger partial charge in [0.1, 0.15) is 6.61 Å². The minimum atomic E-state index is -0.256. The number of benzene rings is 2. The van der Waals surface area contributed by atoms with Gasteiger partial charge in [-0.2, -0.15) is 0 Å². The molecule has 0 bridgehead atoms. The molecular formula is C21H23NO6. The Balaban J connectivity index is 1.54. The smallest absolute Gasteiger partial charge is 0.260 e. The average Bonchev–Trinajstić information content (AvgIpc) is 2.71. The number of likely N-dealkylation sites (N-methyl/N-ethyl adjacent to an activating group) is 1. The molecule has 0 saturated heterocycles. The molecule has 0 radical (unpaired) electrons. The Morgan fingerprint density at radius 3 is 2.61 bits per heavy atom. The van der Waals surface area contributed by atoms with E-state index in [4.69, 9.17) is 18.9 Å². The third-order valence-corrected chi connectivity index (χ3v) is 4.39. The van der Waals surface area contributed by atoms with Crippen molar-refractivity contribution in [1.82, 2.24) is 4.90 Å². The van der Waals surface area contributed by atoms with Crippen LogP contribution in [0.1, 0.15) is 17.3 Å². The zero-order valence-corrected chi connectivity index (χ0v) is 16.1. The zero-order valence-electron chi connectivity index (χ0n) is 16.1. The van der Waals surface area contributed by atoms with Crippen molar-refractivity contribution in [1.29, 1.82) is 0 Å². The van der Waals surface area contributed by atoms with E-state index in [1.54, 1.807) is 30.1 Å². The highest BCUT2D eigenvalue weighted by Gasteiger charge is 2.24. The number of hydrogen-bond acceptors (Lipinski definition) is 6. The summed E-state index contributed by atoms with van der Waals surface area (Å²) in [7, 11) is 3.17. The lowest BCUT2D eigenvalue weighted by Gasteiger charge is -2.29. The molecule has 1 amide bonds. The molecule has 3 rings (SSSR count). The van der Waals surface area contributed by atoms with Gasteiger partial charge in [0.05, 0.1) is 13.7 Å². The number of fused-ring (bicyclic) bond motifs is 1. The van der Waals surface area contributed by atoms with Crippen LogP contribution >= 0.6 is 0 Å². The number of carbonyl (C=O) groups excluding carboxylic acids is 2. The van der Waals surface area contributed by atoms with Crippen LogP contribution in [0.25, 0.3) is 0 Å². The van der Waals surface area contributed by atoms with Crippen LogP contribution in [-0.2, 0) is 4.79 Å². The van der Waals surface area contributed by atoms with Gasteiger partial charge in [-0.25, -0.2) is 0 Å². The first kappa shape index (κ1) is 19.5. The van der Waals surface area contributed by atoms with Crippen LogP contribution in [0.2, 0.25) is 0 Å². The van der Waals surface area contributed by atoms with E-state index < -0.39 is 0 Å². The lowest BCUT2D eigenvalue weighted by molar-refractivity contribution is -0.133. The average molecular weight is 385 g/mol. The molecule has 1 atom stereocenters. The van der Waals surface area contributed by atoms with Gasteiger partial charge in [0.15, 0.2) is 41.5 Å². The van der Waals surface area contributed by atoms with Crippen molar-refractivity contribution >= 4 is 11.7 Å². The number of rotatable bonds is 7. The van der Waals surface area contributed by atoms with Gasteiger partial charge in [-0.3, -0.25) is 9.59 Å². The SMILES string of the molecule is COc1cc(C(C)=O)ccc1OCC(=O)N(C)CC1COc2ccccc2O1. The number of hydrogen-bond donors (Lipinski definition) is 0. The van der Waals surface area contributed by atoms with E-state index >= 15 is 0 Å². The standard InChI is InChI=1S/C21H23NO6/c1-14(23)15-8-9-18(20(10-15)25-3)27-13-21(24)22(2)11-16-12-26-17-6-4-5-7-19(17)28-16/h4-10,16H,11-13H2,1-3H3. The summed E-state index contributed by atoms with van der Waals surface area (Å²) >= 11 is 0. The lowest BCUT2D eigenvalue weighted by Crippen LogP contribution is -2.43. The van der Waals surface area contributed by atoms with Gasteiger partial charge in [-0.15, -0.1) is 0 Å². The lowest BCUT2D eigenvalue weighted by atomic mass is 10.1. The van der Waals surface area contributed by atoms with Crippen molar-refractivity contribution in [2.75, 3.05) is 33.9 Å². The Kier molecular flexibility index (Phi) is 6.03. The maximum Gasteiger partial charge on any atom is 0.260 e. The van der Waals surface area contributed by atoms with Crippen molar-refractivity contribution in [3.05, 3.63) is 48.0 Å². The van der Waals surface area contributed by atoms with Gasteiger partial charge in [0.25, 0.3) is 5.91 Å². The highest BCUT2D eigenvalue weighted by molar-refractivity contribution is 5.94. The fourth-order valence-corrected chi connectivity index (χ4v) is 2.82.